The van der Waals surface area contributed by atoms with Gasteiger partial charge in [0.05, 0.1) is 6.61 Å². The van der Waals surface area contributed by atoms with Crippen molar-refractivity contribution in [2.75, 3.05) is 13.2 Å². The Morgan fingerprint density at radius 2 is 1.55 bits per heavy atom. The molecule has 2 aromatic carbocycles. The van der Waals surface area contributed by atoms with E-state index >= 15 is 0 Å². The Balaban J connectivity index is 1.50. The van der Waals surface area contributed by atoms with Gasteiger partial charge in [0.1, 0.15) is 12.3 Å². The number of carbonyl (C=O) groups is 1. The van der Waals surface area contributed by atoms with Crippen LogP contribution in [0.25, 0.3) is 22.4 Å². The number of ether oxygens (including phenoxy) is 1. The lowest BCUT2D eigenvalue weighted by Crippen LogP contribution is -2.23. The van der Waals surface area contributed by atoms with Crippen LogP contribution in [0.4, 0.5) is 0 Å². The molecule has 1 aliphatic carbocycles. The number of nitrogens with zero attached hydrogens (tertiary/aromatic N) is 2. The van der Waals surface area contributed by atoms with Crippen molar-refractivity contribution in [3.8, 4) is 22.4 Å². The second kappa shape index (κ2) is 9.92. The van der Waals surface area contributed by atoms with Crippen LogP contribution < -0.4 is 0 Å². The maximum atomic E-state index is 10.6. The first kappa shape index (κ1) is 21.3. The van der Waals surface area contributed by atoms with Crippen molar-refractivity contribution in [1.29, 1.82) is 0 Å². The second-order valence-corrected chi connectivity index (χ2v) is 8.52. The van der Waals surface area contributed by atoms with Gasteiger partial charge in [0, 0.05) is 23.4 Å². The third-order valence-electron chi connectivity index (χ3n) is 6.29. The molecular formula is C26H30N2O3. The highest BCUT2D eigenvalue weighted by Gasteiger charge is 2.24. The van der Waals surface area contributed by atoms with Gasteiger partial charge in [0.15, 0.2) is 0 Å². The number of carboxylic acid groups (broad SMARTS) is 1. The lowest BCUT2D eigenvalue weighted by molar-refractivity contribution is -0.142. The highest BCUT2D eigenvalue weighted by Crippen LogP contribution is 2.36. The zero-order chi connectivity index (χ0) is 21.6. The molecule has 0 amide bonds. The minimum Gasteiger partial charge on any atom is -0.480 e. The second-order valence-electron chi connectivity index (χ2n) is 8.52. The smallest absolute Gasteiger partial charge is 0.329 e. The number of hydrogen-bond donors (Lipinski definition) is 1. The van der Waals surface area contributed by atoms with E-state index in [2.05, 4.69) is 60.1 Å². The molecule has 1 heterocycles. The number of aliphatic carboxylic acids is 1. The predicted octanol–water partition coefficient (Wildman–Crippen LogP) is 5.43. The standard InChI is InChI=1S/C26H30N2O3/c1-19-25(22-8-4-2-5-9-22)26(23-10-6-3-7-11-23)27-28(19)16-20-12-14-21(15-13-20)17-31-18-24(29)30/h2-11,20-21H,12-18H2,1H3,(H,29,30). The molecule has 1 saturated carbocycles. The van der Waals surface area contributed by atoms with Gasteiger partial charge in [-0.3, -0.25) is 4.68 Å². The molecule has 1 fully saturated rings. The molecule has 4 rings (SSSR count). The third-order valence-corrected chi connectivity index (χ3v) is 6.29. The van der Waals surface area contributed by atoms with Crippen molar-refractivity contribution in [2.24, 2.45) is 11.8 Å². The summed E-state index contributed by atoms with van der Waals surface area (Å²) in [5, 5.41) is 13.8. The van der Waals surface area contributed by atoms with Crippen LogP contribution in [-0.2, 0) is 16.1 Å². The van der Waals surface area contributed by atoms with E-state index < -0.39 is 5.97 Å². The molecule has 31 heavy (non-hydrogen) atoms. The summed E-state index contributed by atoms with van der Waals surface area (Å²) < 4.78 is 7.50. The molecule has 1 aromatic heterocycles. The van der Waals surface area contributed by atoms with Gasteiger partial charge in [-0.05, 0) is 50.0 Å². The van der Waals surface area contributed by atoms with Gasteiger partial charge in [0.25, 0.3) is 0 Å². The molecule has 162 valence electrons. The molecule has 0 spiro atoms. The summed E-state index contributed by atoms with van der Waals surface area (Å²) in [4.78, 5) is 10.6. The van der Waals surface area contributed by atoms with Crippen molar-refractivity contribution >= 4 is 5.97 Å². The van der Waals surface area contributed by atoms with Crippen LogP contribution >= 0.6 is 0 Å². The van der Waals surface area contributed by atoms with Crippen molar-refractivity contribution in [3.05, 3.63) is 66.4 Å². The fourth-order valence-electron chi connectivity index (χ4n) is 4.61. The summed E-state index contributed by atoms with van der Waals surface area (Å²) in [6.07, 6.45) is 4.42. The molecule has 0 aliphatic heterocycles. The molecule has 5 heteroatoms. The maximum absolute atomic E-state index is 10.6. The van der Waals surface area contributed by atoms with E-state index in [0.29, 0.717) is 18.4 Å². The average Bonchev–Trinajstić information content (AvgIpc) is 3.12. The van der Waals surface area contributed by atoms with Gasteiger partial charge in [0.2, 0.25) is 0 Å². The summed E-state index contributed by atoms with van der Waals surface area (Å²) in [5.74, 6) is 0.155. The molecule has 0 saturated heterocycles. The van der Waals surface area contributed by atoms with Crippen LogP contribution in [0.15, 0.2) is 60.7 Å². The van der Waals surface area contributed by atoms with Crippen LogP contribution in [0.2, 0.25) is 0 Å². The summed E-state index contributed by atoms with van der Waals surface area (Å²) in [5.41, 5.74) is 5.80. The largest absolute Gasteiger partial charge is 0.480 e. The Labute approximate surface area is 183 Å². The number of carboxylic acids is 1. The Hall–Kier alpha value is -2.92. The monoisotopic (exact) mass is 418 g/mol. The van der Waals surface area contributed by atoms with Gasteiger partial charge in [-0.15, -0.1) is 0 Å². The first-order valence-corrected chi connectivity index (χ1v) is 11.1. The van der Waals surface area contributed by atoms with Crippen molar-refractivity contribution < 1.29 is 14.6 Å². The molecule has 1 aliphatic rings. The molecule has 0 atom stereocenters. The number of aromatic nitrogens is 2. The molecule has 0 bridgehead atoms. The van der Waals surface area contributed by atoms with E-state index in [-0.39, 0.29) is 6.61 Å². The molecule has 3 aromatic rings. The van der Waals surface area contributed by atoms with Gasteiger partial charge in [-0.2, -0.15) is 5.10 Å². The average molecular weight is 419 g/mol. The summed E-state index contributed by atoms with van der Waals surface area (Å²) in [6.45, 7) is 3.45. The number of benzene rings is 2. The normalized spacial score (nSPS) is 18.7. The van der Waals surface area contributed by atoms with Crippen molar-refractivity contribution in [1.82, 2.24) is 9.78 Å². The summed E-state index contributed by atoms with van der Waals surface area (Å²) in [6, 6.07) is 20.9. The Kier molecular flexibility index (Phi) is 6.82. The molecule has 1 N–H and O–H groups in total. The Morgan fingerprint density at radius 1 is 0.968 bits per heavy atom. The van der Waals surface area contributed by atoms with Crippen LogP contribution in [0.5, 0.6) is 0 Å². The lowest BCUT2D eigenvalue weighted by Gasteiger charge is -2.28. The van der Waals surface area contributed by atoms with Crippen molar-refractivity contribution in [3.63, 3.8) is 0 Å². The Bertz CT molecular complexity index is 990. The quantitative estimate of drug-likeness (QED) is 0.529. The fourth-order valence-corrected chi connectivity index (χ4v) is 4.61. The SMILES string of the molecule is Cc1c(-c2ccccc2)c(-c2ccccc2)nn1CC1CCC(COCC(=O)O)CC1. The zero-order valence-corrected chi connectivity index (χ0v) is 18.0. The van der Waals surface area contributed by atoms with E-state index in [4.69, 9.17) is 14.9 Å². The van der Waals surface area contributed by atoms with Gasteiger partial charge in [-0.25, -0.2) is 4.79 Å². The van der Waals surface area contributed by atoms with E-state index in [0.717, 1.165) is 43.5 Å². The van der Waals surface area contributed by atoms with Crippen LogP contribution in [0, 0.1) is 18.8 Å². The topological polar surface area (TPSA) is 64.4 Å². The van der Waals surface area contributed by atoms with Crippen LogP contribution in [0.3, 0.4) is 0 Å². The minimum atomic E-state index is -0.897. The van der Waals surface area contributed by atoms with E-state index in [9.17, 15) is 4.79 Å². The van der Waals surface area contributed by atoms with Gasteiger partial charge >= 0.3 is 5.97 Å². The molecule has 5 nitrogen and oxygen atoms in total. The number of rotatable bonds is 8. The first-order valence-electron chi connectivity index (χ1n) is 11.1. The van der Waals surface area contributed by atoms with E-state index in [1.54, 1.807) is 0 Å². The molecular weight excluding hydrogens is 388 g/mol. The van der Waals surface area contributed by atoms with E-state index in [1.807, 2.05) is 12.1 Å². The number of hydrogen-bond acceptors (Lipinski definition) is 3. The Morgan fingerprint density at radius 3 is 2.16 bits per heavy atom. The zero-order valence-electron chi connectivity index (χ0n) is 18.0. The van der Waals surface area contributed by atoms with Gasteiger partial charge < -0.3 is 9.84 Å². The highest BCUT2D eigenvalue weighted by molar-refractivity contribution is 5.82. The molecule has 0 unspecified atom stereocenters. The maximum Gasteiger partial charge on any atom is 0.329 e. The van der Waals surface area contributed by atoms with Gasteiger partial charge in [-0.1, -0.05) is 60.7 Å². The van der Waals surface area contributed by atoms with Crippen molar-refractivity contribution in [2.45, 2.75) is 39.2 Å². The third kappa shape index (κ3) is 5.23. The van der Waals surface area contributed by atoms with E-state index in [1.165, 1.54) is 16.8 Å². The minimum absolute atomic E-state index is 0.197. The predicted molar refractivity (Wildman–Crippen MR) is 122 cm³/mol. The summed E-state index contributed by atoms with van der Waals surface area (Å²) >= 11 is 0. The highest BCUT2D eigenvalue weighted by atomic mass is 16.5. The summed E-state index contributed by atoms with van der Waals surface area (Å²) in [7, 11) is 0. The fraction of sp³-hybridized carbons (Fsp3) is 0.385. The lowest BCUT2D eigenvalue weighted by atomic mass is 9.82. The first-order chi connectivity index (χ1) is 15.1. The van der Waals surface area contributed by atoms with Crippen LogP contribution in [-0.4, -0.2) is 34.1 Å². The van der Waals surface area contributed by atoms with Crippen LogP contribution in [0.1, 0.15) is 31.4 Å². The molecule has 0 radical (unpaired) electrons.